The number of nitro groups is 1. The van der Waals surface area contributed by atoms with Crippen molar-refractivity contribution in [1.29, 1.82) is 0 Å². The zero-order valence-electron chi connectivity index (χ0n) is 11.7. The number of hydrogen-bond acceptors (Lipinski definition) is 5. The molecular weight excluding hydrogens is 308 g/mol. The van der Waals surface area contributed by atoms with E-state index in [1.54, 1.807) is 24.3 Å². The lowest BCUT2D eigenvalue weighted by atomic mass is 10.1. The molecule has 114 valence electrons. The first-order chi connectivity index (χ1) is 10.5. The number of ketones is 1. The fourth-order valence-corrected chi connectivity index (χ4v) is 2.11. The van der Waals surface area contributed by atoms with Crippen molar-refractivity contribution in [1.82, 2.24) is 0 Å². The van der Waals surface area contributed by atoms with E-state index in [0.29, 0.717) is 22.0 Å². The maximum atomic E-state index is 12.1. The molecule has 0 saturated carbocycles. The molecule has 22 heavy (non-hydrogen) atoms. The van der Waals surface area contributed by atoms with Gasteiger partial charge in [0.05, 0.1) is 23.6 Å². The van der Waals surface area contributed by atoms with Crippen LogP contribution in [-0.2, 0) is 0 Å². The Bertz CT molecular complexity index is 718. The van der Waals surface area contributed by atoms with Gasteiger partial charge in [-0.2, -0.15) is 0 Å². The molecule has 0 fully saturated rings. The van der Waals surface area contributed by atoms with Gasteiger partial charge >= 0.3 is 0 Å². The molecule has 2 aromatic carbocycles. The summed E-state index contributed by atoms with van der Waals surface area (Å²) in [5.74, 6) is 0.306. The van der Waals surface area contributed by atoms with Gasteiger partial charge in [-0.1, -0.05) is 17.7 Å². The van der Waals surface area contributed by atoms with Crippen molar-refractivity contribution in [2.24, 2.45) is 0 Å². The number of anilines is 1. The van der Waals surface area contributed by atoms with Crippen molar-refractivity contribution in [2.75, 3.05) is 19.0 Å². The van der Waals surface area contributed by atoms with Gasteiger partial charge in [0.1, 0.15) is 5.75 Å². The lowest BCUT2D eigenvalue weighted by Crippen LogP contribution is -2.14. The molecule has 0 aliphatic rings. The van der Waals surface area contributed by atoms with Crippen LogP contribution in [-0.4, -0.2) is 24.4 Å². The van der Waals surface area contributed by atoms with E-state index in [2.05, 4.69) is 5.32 Å². The van der Waals surface area contributed by atoms with E-state index in [9.17, 15) is 14.9 Å². The van der Waals surface area contributed by atoms with Crippen molar-refractivity contribution in [3.63, 3.8) is 0 Å². The molecule has 0 radical (unpaired) electrons. The van der Waals surface area contributed by atoms with Crippen LogP contribution >= 0.6 is 11.6 Å². The van der Waals surface area contributed by atoms with E-state index in [0.717, 1.165) is 0 Å². The summed E-state index contributed by atoms with van der Waals surface area (Å²) in [6.07, 6.45) is 0. The molecule has 0 aromatic heterocycles. The molecule has 0 bridgehead atoms. The van der Waals surface area contributed by atoms with E-state index in [4.69, 9.17) is 16.3 Å². The predicted molar refractivity (Wildman–Crippen MR) is 83.9 cm³/mol. The van der Waals surface area contributed by atoms with Crippen molar-refractivity contribution in [2.45, 2.75) is 0 Å². The number of ether oxygens (including phenoxy) is 1. The summed E-state index contributed by atoms with van der Waals surface area (Å²) in [6.45, 7) is 0.00379. The van der Waals surface area contributed by atoms with Gasteiger partial charge in [-0.25, -0.2) is 0 Å². The number of methoxy groups -OCH3 is 1. The number of nitrogens with one attached hydrogen (secondary N) is 1. The Labute approximate surface area is 131 Å². The molecule has 0 unspecified atom stereocenters. The van der Waals surface area contributed by atoms with E-state index in [-0.39, 0.29) is 18.0 Å². The van der Waals surface area contributed by atoms with E-state index in [1.165, 1.54) is 25.3 Å². The number of non-ortho nitro benzene ring substituents is 1. The molecule has 0 aliphatic carbocycles. The second-order valence-corrected chi connectivity index (χ2v) is 4.84. The van der Waals surface area contributed by atoms with Crippen LogP contribution in [0.25, 0.3) is 0 Å². The number of nitrogens with zero attached hydrogens (tertiary/aromatic N) is 1. The molecule has 1 N–H and O–H groups in total. The SMILES string of the molecule is COc1ccc(C(=O)CNc2cccc([N+](=O)[O-])c2)cc1Cl. The lowest BCUT2D eigenvalue weighted by Gasteiger charge is -2.07. The molecule has 7 heteroatoms. The molecule has 0 aliphatic heterocycles. The van der Waals surface area contributed by atoms with Crippen molar-refractivity contribution in [3.8, 4) is 5.75 Å². The highest BCUT2D eigenvalue weighted by Crippen LogP contribution is 2.25. The standard InChI is InChI=1S/C15H13ClN2O4/c1-22-15-6-5-10(7-13(15)16)14(19)9-17-11-3-2-4-12(8-11)18(20)21/h2-8,17H,9H2,1H3. The number of hydrogen-bond donors (Lipinski definition) is 1. The molecule has 2 aromatic rings. The molecular formula is C15H13ClN2O4. The van der Waals surface area contributed by atoms with Crippen LogP contribution in [0.2, 0.25) is 5.02 Å². The summed E-state index contributed by atoms with van der Waals surface area (Å²) in [4.78, 5) is 22.3. The molecule has 0 heterocycles. The van der Waals surface area contributed by atoms with E-state index in [1.807, 2.05) is 0 Å². The normalized spacial score (nSPS) is 10.1. The van der Waals surface area contributed by atoms with Crippen LogP contribution in [0.3, 0.4) is 0 Å². The van der Waals surface area contributed by atoms with Gasteiger partial charge in [-0.3, -0.25) is 14.9 Å². The summed E-state index contributed by atoms with van der Waals surface area (Å²) in [6, 6.07) is 10.7. The smallest absolute Gasteiger partial charge is 0.271 e. The number of carbonyl (C=O) groups excluding carboxylic acids is 1. The van der Waals surface area contributed by atoms with Gasteiger partial charge in [-0.15, -0.1) is 0 Å². The second kappa shape index (κ2) is 6.91. The Morgan fingerprint density at radius 1 is 1.32 bits per heavy atom. The Hall–Kier alpha value is -2.60. The van der Waals surface area contributed by atoms with Gasteiger partial charge < -0.3 is 10.1 Å². The predicted octanol–water partition coefficient (Wildman–Crippen LogP) is 3.55. The Kier molecular flexibility index (Phi) is 4.95. The summed E-state index contributed by atoms with van der Waals surface area (Å²) >= 11 is 5.97. The van der Waals surface area contributed by atoms with E-state index >= 15 is 0 Å². The maximum Gasteiger partial charge on any atom is 0.271 e. The number of rotatable bonds is 6. The number of halogens is 1. The lowest BCUT2D eigenvalue weighted by molar-refractivity contribution is -0.384. The first kappa shape index (κ1) is 15.8. The monoisotopic (exact) mass is 320 g/mol. The van der Waals surface area contributed by atoms with E-state index < -0.39 is 4.92 Å². The number of benzene rings is 2. The number of carbonyl (C=O) groups is 1. The molecule has 6 nitrogen and oxygen atoms in total. The number of Topliss-reactive ketones (excluding diaryl/α,β-unsaturated/α-hetero) is 1. The quantitative estimate of drug-likeness (QED) is 0.500. The Morgan fingerprint density at radius 2 is 2.09 bits per heavy atom. The maximum absolute atomic E-state index is 12.1. The highest BCUT2D eigenvalue weighted by atomic mass is 35.5. The average molecular weight is 321 g/mol. The largest absolute Gasteiger partial charge is 0.495 e. The first-order valence-corrected chi connectivity index (χ1v) is 6.74. The van der Waals surface area contributed by atoms with Gasteiger partial charge in [0.2, 0.25) is 0 Å². The van der Waals surface area contributed by atoms with Crippen molar-refractivity contribution < 1.29 is 14.5 Å². The first-order valence-electron chi connectivity index (χ1n) is 6.36. The third kappa shape index (κ3) is 3.73. The Balaban J connectivity index is 2.05. The minimum atomic E-state index is -0.490. The number of nitro benzene ring substituents is 1. The van der Waals surface area contributed by atoms with Gasteiger partial charge in [-0.05, 0) is 24.3 Å². The summed E-state index contributed by atoms with van der Waals surface area (Å²) in [7, 11) is 1.49. The fourth-order valence-electron chi connectivity index (χ4n) is 1.85. The molecule has 0 saturated heterocycles. The van der Waals surface area contributed by atoms with Crippen LogP contribution < -0.4 is 10.1 Å². The molecule has 0 spiro atoms. The molecule has 0 atom stereocenters. The Morgan fingerprint density at radius 3 is 2.73 bits per heavy atom. The van der Waals surface area contributed by atoms with Gasteiger partial charge in [0.15, 0.2) is 5.78 Å². The van der Waals surface area contributed by atoms with Crippen LogP contribution in [0.4, 0.5) is 11.4 Å². The zero-order valence-corrected chi connectivity index (χ0v) is 12.5. The minimum absolute atomic E-state index is 0.00379. The highest BCUT2D eigenvalue weighted by Gasteiger charge is 2.10. The zero-order chi connectivity index (χ0) is 16.1. The third-order valence-electron chi connectivity index (χ3n) is 2.98. The summed E-state index contributed by atoms with van der Waals surface area (Å²) in [5, 5.41) is 13.9. The fraction of sp³-hybridized carbons (Fsp3) is 0.133. The van der Waals surface area contributed by atoms with Gasteiger partial charge in [0, 0.05) is 23.4 Å². The molecule has 2 rings (SSSR count). The summed E-state index contributed by atoms with van der Waals surface area (Å²) in [5.41, 5.74) is 0.899. The third-order valence-corrected chi connectivity index (χ3v) is 3.28. The van der Waals surface area contributed by atoms with Crippen molar-refractivity contribution >= 4 is 28.8 Å². The van der Waals surface area contributed by atoms with Gasteiger partial charge in [0.25, 0.3) is 5.69 Å². The molecule has 0 amide bonds. The van der Waals surface area contributed by atoms with Crippen molar-refractivity contribution in [3.05, 3.63) is 63.2 Å². The minimum Gasteiger partial charge on any atom is -0.495 e. The van der Waals surface area contributed by atoms with Crippen LogP contribution in [0, 0.1) is 10.1 Å². The average Bonchev–Trinajstić information content (AvgIpc) is 2.52. The highest BCUT2D eigenvalue weighted by molar-refractivity contribution is 6.32. The topological polar surface area (TPSA) is 81.5 Å². The van der Waals surface area contributed by atoms with Crippen LogP contribution in [0.15, 0.2) is 42.5 Å². The second-order valence-electron chi connectivity index (χ2n) is 4.43. The summed E-state index contributed by atoms with van der Waals surface area (Å²) < 4.78 is 5.02. The van der Waals surface area contributed by atoms with Crippen LogP contribution in [0.5, 0.6) is 5.75 Å². The van der Waals surface area contributed by atoms with Crippen LogP contribution in [0.1, 0.15) is 10.4 Å².